The van der Waals surface area contributed by atoms with Gasteiger partial charge in [-0.15, -0.1) is 0 Å². The van der Waals surface area contributed by atoms with E-state index in [1.54, 1.807) is 0 Å². The number of para-hydroxylation sites is 1. The lowest BCUT2D eigenvalue weighted by Gasteiger charge is -2.10. The van der Waals surface area contributed by atoms with E-state index in [4.69, 9.17) is 4.74 Å². The van der Waals surface area contributed by atoms with Crippen LogP contribution in [0.2, 0.25) is 0 Å². The van der Waals surface area contributed by atoms with Crippen molar-refractivity contribution in [2.45, 2.75) is 13.8 Å². The van der Waals surface area contributed by atoms with E-state index in [0.717, 1.165) is 16.7 Å². The zero-order valence-corrected chi connectivity index (χ0v) is 9.94. The van der Waals surface area contributed by atoms with Crippen LogP contribution in [0.1, 0.15) is 12.5 Å². The second-order valence-electron chi connectivity index (χ2n) is 3.90. The van der Waals surface area contributed by atoms with Gasteiger partial charge in [-0.1, -0.05) is 42.5 Å². The zero-order chi connectivity index (χ0) is 12.3. The van der Waals surface area contributed by atoms with Crippen LogP contribution in [-0.2, 0) is 4.79 Å². The summed E-state index contributed by atoms with van der Waals surface area (Å²) in [6, 6.07) is 15.6. The van der Waals surface area contributed by atoms with Crippen LogP contribution in [0, 0.1) is 6.92 Å². The maximum atomic E-state index is 11.1. The summed E-state index contributed by atoms with van der Waals surface area (Å²) in [6.45, 7) is 3.45. The summed E-state index contributed by atoms with van der Waals surface area (Å²) in [5, 5.41) is 0. The van der Waals surface area contributed by atoms with Gasteiger partial charge in [0.05, 0.1) is 0 Å². The van der Waals surface area contributed by atoms with Crippen LogP contribution in [0.4, 0.5) is 0 Å². The predicted octanol–water partition coefficient (Wildman–Crippen LogP) is 3.59. The first kappa shape index (κ1) is 11.4. The summed E-state index contributed by atoms with van der Waals surface area (Å²) in [7, 11) is 0. The molecule has 2 aromatic carbocycles. The molecule has 0 N–H and O–H groups in total. The second-order valence-corrected chi connectivity index (χ2v) is 3.90. The Morgan fingerprint density at radius 1 is 0.941 bits per heavy atom. The molecule has 17 heavy (non-hydrogen) atoms. The fourth-order valence-corrected chi connectivity index (χ4v) is 1.81. The number of ether oxygens (including phenoxy) is 1. The van der Waals surface area contributed by atoms with Crippen molar-refractivity contribution in [1.29, 1.82) is 0 Å². The van der Waals surface area contributed by atoms with Crippen LogP contribution in [0.15, 0.2) is 48.5 Å². The van der Waals surface area contributed by atoms with Crippen LogP contribution in [0.3, 0.4) is 0 Å². The first-order valence-electron chi connectivity index (χ1n) is 5.52. The number of carbonyl (C=O) groups is 1. The van der Waals surface area contributed by atoms with Crippen LogP contribution >= 0.6 is 0 Å². The third-order valence-corrected chi connectivity index (χ3v) is 2.58. The van der Waals surface area contributed by atoms with E-state index >= 15 is 0 Å². The Morgan fingerprint density at radius 2 is 1.53 bits per heavy atom. The number of esters is 1. The molecule has 0 fully saturated rings. The molecule has 0 aliphatic carbocycles. The van der Waals surface area contributed by atoms with Gasteiger partial charge in [-0.25, -0.2) is 0 Å². The molecule has 2 aromatic rings. The van der Waals surface area contributed by atoms with E-state index in [0.29, 0.717) is 5.75 Å². The number of benzene rings is 2. The minimum Gasteiger partial charge on any atom is -0.426 e. The van der Waals surface area contributed by atoms with Gasteiger partial charge in [0.15, 0.2) is 0 Å². The van der Waals surface area contributed by atoms with Crippen LogP contribution in [-0.4, -0.2) is 5.97 Å². The molecular formula is C15H14O2. The molecule has 0 unspecified atom stereocenters. The molecule has 2 nitrogen and oxygen atoms in total. The van der Waals surface area contributed by atoms with Gasteiger partial charge in [-0.3, -0.25) is 4.79 Å². The highest BCUT2D eigenvalue weighted by Gasteiger charge is 2.08. The average Bonchev–Trinajstić information content (AvgIpc) is 2.30. The maximum absolute atomic E-state index is 11.1. The second kappa shape index (κ2) is 4.83. The van der Waals surface area contributed by atoms with Crippen molar-refractivity contribution in [3.8, 4) is 16.9 Å². The number of hydrogen-bond acceptors (Lipinski definition) is 2. The third-order valence-electron chi connectivity index (χ3n) is 2.58. The molecule has 0 heterocycles. The van der Waals surface area contributed by atoms with Crippen molar-refractivity contribution < 1.29 is 9.53 Å². The molecule has 0 atom stereocenters. The molecule has 0 amide bonds. The van der Waals surface area contributed by atoms with Gasteiger partial charge in [0.2, 0.25) is 0 Å². The summed E-state index contributed by atoms with van der Waals surface area (Å²) < 4.78 is 5.22. The van der Waals surface area contributed by atoms with E-state index in [1.807, 2.05) is 55.5 Å². The molecule has 0 bridgehead atoms. The van der Waals surface area contributed by atoms with Gasteiger partial charge in [0, 0.05) is 12.5 Å². The summed E-state index contributed by atoms with van der Waals surface area (Å²) in [5.74, 6) is 0.306. The van der Waals surface area contributed by atoms with Gasteiger partial charge < -0.3 is 4.74 Å². The van der Waals surface area contributed by atoms with E-state index in [-0.39, 0.29) is 5.97 Å². The fourth-order valence-electron chi connectivity index (χ4n) is 1.81. The highest BCUT2D eigenvalue weighted by molar-refractivity contribution is 5.77. The van der Waals surface area contributed by atoms with Gasteiger partial charge in [-0.2, -0.15) is 0 Å². The minimum absolute atomic E-state index is 0.300. The van der Waals surface area contributed by atoms with Crippen molar-refractivity contribution >= 4 is 5.97 Å². The first-order chi connectivity index (χ1) is 8.18. The Hall–Kier alpha value is -2.09. The molecule has 0 aromatic heterocycles. The smallest absolute Gasteiger partial charge is 0.308 e. The SMILES string of the molecule is CC(=O)Oc1ccccc1-c1ccccc1C. The maximum Gasteiger partial charge on any atom is 0.308 e. The first-order valence-corrected chi connectivity index (χ1v) is 5.52. The Morgan fingerprint density at radius 3 is 2.18 bits per heavy atom. The molecular weight excluding hydrogens is 212 g/mol. The predicted molar refractivity (Wildman–Crippen MR) is 67.9 cm³/mol. The zero-order valence-electron chi connectivity index (χ0n) is 9.94. The molecule has 0 saturated heterocycles. The van der Waals surface area contributed by atoms with Gasteiger partial charge in [0.25, 0.3) is 0 Å². The Kier molecular flexibility index (Phi) is 3.24. The highest BCUT2D eigenvalue weighted by atomic mass is 16.5. The number of aryl methyl sites for hydroxylation is 1. The topological polar surface area (TPSA) is 26.3 Å². The van der Waals surface area contributed by atoms with Gasteiger partial charge in [-0.05, 0) is 24.1 Å². The molecule has 0 spiro atoms. The number of hydrogen-bond donors (Lipinski definition) is 0. The average molecular weight is 226 g/mol. The van der Waals surface area contributed by atoms with Crippen LogP contribution < -0.4 is 4.74 Å². The van der Waals surface area contributed by atoms with Crippen LogP contribution in [0.5, 0.6) is 5.75 Å². The minimum atomic E-state index is -0.300. The van der Waals surface area contributed by atoms with Crippen molar-refractivity contribution in [2.75, 3.05) is 0 Å². The highest BCUT2D eigenvalue weighted by Crippen LogP contribution is 2.31. The number of rotatable bonds is 2. The lowest BCUT2D eigenvalue weighted by molar-refractivity contribution is -0.131. The monoisotopic (exact) mass is 226 g/mol. The van der Waals surface area contributed by atoms with E-state index < -0.39 is 0 Å². The lowest BCUT2D eigenvalue weighted by atomic mass is 10.00. The van der Waals surface area contributed by atoms with Gasteiger partial charge >= 0.3 is 5.97 Å². The largest absolute Gasteiger partial charge is 0.426 e. The molecule has 2 rings (SSSR count). The van der Waals surface area contributed by atoms with Crippen molar-refractivity contribution in [2.24, 2.45) is 0 Å². The number of carbonyl (C=O) groups excluding carboxylic acids is 1. The quantitative estimate of drug-likeness (QED) is 0.578. The van der Waals surface area contributed by atoms with E-state index in [2.05, 4.69) is 0 Å². The lowest BCUT2D eigenvalue weighted by Crippen LogP contribution is -2.02. The summed E-state index contributed by atoms with van der Waals surface area (Å²) >= 11 is 0. The van der Waals surface area contributed by atoms with E-state index in [9.17, 15) is 4.79 Å². The Labute approximate surface area is 101 Å². The summed E-state index contributed by atoms with van der Waals surface area (Å²) in [6.07, 6.45) is 0. The van der Waals surface area contributed by atoms with Crippen LogP contribution in [0.25, 0.3) is 11.1 Å². The molecule has 86 valence electrons. The fraction of sp³-hybridized carbons (Fsp3) is 0.133. The summed E-state index contributed by atoms with van der Waals surface area (Å²) in [5.41, 5.74) is 3.19. The third kappa shape index (κ3) is 2.53. The van der Waals surface area contributed by atoms with E-state index in [1.165, 1.54) is 6.92 Å². The molecule has 2 heteroatoms. The van der Waals surface area contributed by atoms with Crippen molar-refractivity contribution in [3.05, 3.63) is 54.1 Å². The Bertz CT molecular complexity index is 544. The van der Waals surface area contributed by atoms with Crippen molar-refractivity contribution in [3.63, 3.8) is 0 Å². The standard InChI is InChI=1S/C15H14O2/c1-11-7-3-4-8-13(11)14-9-5-6-10-15(14)17-12(2)16/h3-10H,1-2H3. The Balaban J connectivity index is 2.52. The molecule has 0 saturated carbocycles. The summed E-state index contributed by atoms with van der Waals surface area (Å²) in [4.78, 5) is 11.1. The van der Waals surface area contributed by atoms with Crippen molar-refractivity contribution in [1.82, 2.24) is 0 Å². The van der Waals surface area contributed by atoms with Gasteiger partial charge in [0.1, 0.15) is 5.75 Å². The molecule has 0 radical (unpaired) electrons. The normalized spacial score (nSPS) is 10.0. The molecule has 0 aliphatic rings. The molecule has 0 aliphatic heterocycles.